The molecule has 3 N–H and O–H groups in total. The predicted octanol–water partition coefficient (Wildman–Crippen LogP) is 2.31. The first-order valence-corrected chi connectivity index (χ1v) is 4.16. The van der Waals surface area contributed by atoms with Gasteiger partial charge in [0.2, 0.25) is 0 Å². The highest BCUT2D eigenvalue weighted by Gasteiger charge is 2.00. The molecule has 62 valence electrons. The van der Waals surface area contributed by atoms with Crippen LogP contribution < -0.4 is 5.73 Å². The Morgan fingerprint density at radius 1 is 1.42 bits per heavy atom. The summed E-state index contributed by atoms with van der Waals surface area (Å²) in [5.41, 5.74) is 8.95. The summed E-state index contributed by atoms with van der Waals surface area (Å²) in [5, 5.41) is 1.28. The van der Waals surface area contributed by atoms with Gasteiger partial charge in [-0.2, -0.15) is 0 Å². The van der Waals surface area contributed by atoms with E-state index >= 15 is 0 Å². The van der Waals surface area contributed by atoms with Crippen molar-refractivity contribution < 1.29 is 0 Å². The molecule has 0 saturated heterocycles. The van der Waals surface area contributed by atoms with Crippen molar-refractivity contribution in [3.63, 3.8) is 0 Å². The van der Waals surface area contributed by atoms with Gasteiger partial charge in [0.25, 0.3) is 0 Å². The number of hydrogen-bond acceptors (Lipinski definition) is 1. The first kappa shape index (κ1) is 7.22. The number of aromatic amines is 1. The summed E-state index contributed by atoms with van der Waals surface area (Å²) in [4.78, 5) is 3.20. The highest BCUT2D eigenvalue weighted by atomic mass is 14.7. The molecule has 0 amide bonds. The summed E-state index contributed by atoms with van der Waals surface area (Å²) in [5.74, 6) is 0. The number of nitrogens with two attached hydrogens (primary N) is 1. The SMILES string of the molecule is CCc1c[nH]c2cc(N)ccc12. The van der Waals surface area contributed by atoms with Crippen LogP contribution in [0, 0.1) is 0 Å². The highest BCUT2D eigenvalue weighted by Crippen LogP contribution is 2.20. The van der Waals surface area contributed by atoms with Gasteiger partial charge in [-0.25, -0.2) is 0 Å². The lowest BCUT2D eigenvalue weighted by atomic mass is 10.1. The molecule has 0 aliphatic carbocycles. The van der Waals surface area contributed by atoms with Crippen LogP contribution in [0.5, 0.6) is 0 Å². The van der Waals surface area contributed by atoms with Gasteiger partial charge in [-0.15, -0.1) is 0 Å². The van der Waals surface area contributed by atoms with Crippen LogP contribution in [0.25, 0.3) is 10.9 Å². The largest absolute Gasteiger partial charge is 0.399 e. The van der Waals surface area contributed by atoms with Crippen molar-refractivity contribution in [2.24, 2.45) is 0 Å². The Hall–Kier alpha value is -1.44. The molecule has 1 heterocycles. The van der Waals surface area contributed by atoms with E-state index in [1.54, 1.807) is 0 Å². The van der Waals surface area contributed by atoms with Gasteiger partial charge in [0.05, 0.1) is 0 Å². The van der Waals surface area contributed by atoms with E-state index in [1.807, 2.05) is 18.3 Å². The van der Waals surface area contributed by atoms with E-state index in [-0.39, 0.29) is 0 Å². The number of anilines is 1. The zero-order valence-electron chi connectivity index (χ0n) is 7.09. The molecule has 0 atom stereocenters. The summed E-state index contributed by atoms with van der Waals surface area (Å²) in [7, 11) is 0. The molecule has 0 saturated carbocycles. The zero-order valence-corrected chi connectivity index (χ0v) is 7.09. The Kier molecular flexibility index (Phi) is 1.54. The first-order valence-electron chi connectivity index (χ1n) is 4.16. The van der Waals surface area contributed by atoms with E-state index in [2.05, 4.69) is 18.0 Å². The third kappa shape index (κ3) is 0.961. The van der Waals surface area contributed by atoms with E-state index in [0.717, 1.165) is 17.6 Å². The van der Waals surface area contributed by atoms with Gasteiger partial charge in [0.15, 0.2) is 0 Å². The van der Waals surface area contributed by atoms with E-state index in [1.165, 1.54) is 10.9 Å². The minimum atomic E-state index is 0.812. The number of aryl methyl sites for hydroxylation is 1. The maximum Gasteiger partial charge on any atom is 0.0477 e. The number of hydrogen-bond donors (Lipinski definition) is 2. The molecular formula is C10H12N2. The van der Waals surface area contributed by atoms with Gasteiger partial charge in [-0.3, -0.25) is 0 Å². The molecule has 0 aliphatic heterocycles. The lowest BCUT2D eigenvalue weighted by Crippen LogP contribution is -1.83. The fourth-order valence-corrected chi connectivity index (χ4v) is 1.50. The van der Waals surface area contributed by atoms with Gasteiger partial charge in [0, 0.05) is 22.8 Å². The second-order valence-corrected chi connectivity index (χ2v) is 2.97. The minimum Gasteiger partial charge on any atom is -0.399 e. The van der Waals surface area contributed by atoms with Crippen molar-refractivity contribution in [2.45, 2.75) is 13.3 Å². The lowest BCUT2D eigenvalue weighted by molar-refractivity contribution is 1.15. The Labute approximate surface area is 71.4 Å². The minimum absolute atomic E-state index is 0.812. The van der Waals surface area contributed by atoms with Gasteiger partial charge in [-0.05, 0) is 24.1 Å². The third-order valence-electron chi connectivity index (χ3n) is 2.17. The number of rotatable bonds is 1. The monoisotopic (exact) mass is 160 g/mol. The smallest absolute Gasteiger partial charge is 0.0477 e. The summed E-state index contributed by atoms with van der Waals surface area (Å²) in [6, 6.07) is 5.98. The van der Waals surface area contributed by atoms with Gasteiger partial charge in [-0.1, -0.05) is 13.0 Å². The summed E-state index contributed by atoms with van der Waals surface area (Å²) < 4.78 is 0. The number of H-pyrrole nitrogens is 1. The Morgan fingerprint density at radius 2 is 2.25 bits per heavy atom. The maximum absolute atomic E-state index is 5.65. The standard InChI is InChI=1S/C10H12N2/c1-2-7-6-12-10-5-8(11)3-4-9(7)10/h3-6,12H,2,11H2,1H3. The molecule has 2 rings (SSSR count). The number of benzene rings is 1. The van der Waals surface area contributed by atoms with Crippen LogP contribution in [0.3, 0.4) is 0 Å². The molecular weight excluding hydrogens is 148 g/mol. The lowest BCUT2D eigenvalue weighted by Gasteiger charge is -1.94. The molecule has 0 unspecified atom stereocenters. The molecule has 2 heteroatoms. The summed E-state index contributed by atoms with van der Waals surface area (Å²) in [6.07, 6.45) is 3.11. The fourth-order valence-electron chi connectivity index (χ4n) is 1.50. The number of nitrogen functional groups attached to an aromatic ring is 1. The van der Waals surface area contributed by atoms with Gasteiger partial charge in [0.1, 0.15) is 0 Å². The van der Waals surface area contributed by atoms with Crippen LogP contribution >= 0.6 is 0 Å². The summed E-state index contributed by atoms with van der Waals surface area (Å²) in [6.45, 7) is 2.15. The first-order chi connectivity index (χ1) is 5.81. The quantitative estimate of drug-likeness (QED) is 0.617. The molecule has 1 aromatic carbocycles. The Bertz CT molecular complexity index is 401. The summed E-state index contributed by atoms with van der Waals surface area (Å²) >= 11 is 0. The van der Waals surface area contributed by atoms with Crippen LogP contribution in [-0.4, -0.2) is 4.98 Å². The van der Waals surface area contributed by atoms with Crippen LogP contribution in [-0.2, 0) is 6.42 Å². The van der Waals surface area contributed by atoms with E-state index in [4.69, 9.17) is 5.73 Å². The normalized spacial score (nSPS) is 10.8. The van der Waals surface area contributed by atoms with Crippen LogP contribution in [0.1, 0.15) is 12.5 Å². The molecule has 2 aromatic rings. The van der Waals surface area contributed by atoms with Crippen LogP contribution in [0.4, 0.5) is 5.69 Å². The molecule has 0 bridgehead atoms. The topological polar surface area (TPSA) is 41.8 Å². The molecule has 0 spiro atoms. The second-order valence-electron chi connectivity index (χ2n) is 2.97. The molecule has 2 nitrogen and oxygen atoms in total. The highest BCUT2D eigenvalue weighted by molar-refractivity contribution is 5.85. The molecule has 1 aromatic heterocycles. The molecule has 0 fully saturated rings. The maximum atomic E-state index is 5.65. The van der Waals surface area contributed by atoms with Crippen molar-refractivity contribution in [1.82, 2.24) is 4.98 Å². The molecule has 0 radical (unpaired) electrons. The number of aromatic nitrogens is 1. The van der Waals surface area contributed by atoms with Crippen molar-refractivity contribution in [1.29, 1.82) is 0 Å². The second kappa shape index (κ2) is 2.55. The molecule has 0 aliphatic rings. The van der Waals surface area contributed by atoms with Crippen molar-refractivity contribution in [3.05, 3.63) is 30.0 Å². The predicted molar refractivity (Wildman–Crippen MR) is 52.1 cm³/mol. The Morgan fingerprint density at radius 3 is 3.00 bits per heavy atom. The Balaban J connectivity index is 2.73. The third-order valence-corrected chi connectivity index (χ3v) is 2.17. The average molecular weight is 160 g/mol. The number of nitrogens with one attached hydrogen (secondary N) is 1. The van der Waals surface area contributed by atoms with Crippen molar-refractivity contribution in [3.8, 4) is 0 Å². The molecule has 12 heavy (non-hydrogen) atoms. The van der Waals surface area contributed by atoms with Gasteiger partial charge >= 0.3 is 0 Å². The van der Waals surface area contributed by atoms with E-state index in [0.29, 0.717) is 0 Å². The van der Waals surface area contributed by atoms with E-state index < -0.39 is 0 Å². The van der Waals surface area contributed by atoms with E-state index in [9.17, 15) is 0 Å². The van der Waals surface area contributed by atoms with Crippen molar-refractivity contribution in [2.75, 3.05) is 5.73 Å². The zero-order chi connectivity index (χ0) is 8.55. The van der Waals surface area contributed by atoms with Crippen LogP contribution in [0.15, 0.2) is 24.4 Å². The average Bonchev–Trinajstić information content (AvgIpc) is 2.46. The number of fused-ring (bicyclic) bond motifs is 1. The fraction of sp³-hybridized carbons (Fsp3) is 0.200. The van der Waals surface area contributed by atoms with Crippen molar-refractivity contribution >= 4 is 16.6 Å². The van der Waals surface area contributed by atoms with Crippen LogP contribution in [0.2, 0.25) is 0 Å². The van der Waals surface area contributed by atoms with Gasteiger partial charge < -0.3 is 10.7 Å².